The number of amides is 3. The average Bonchev–Trinajstić information content (AvgIpc) is 2.89. The van der Waals surface area contributed by atoms with Gasteiger partial charge in [0.1, 0.15) is 11.6 Å². The Hall–Kier alpha value is -4.81. The van der Waals surface area contributed by atoms with Crippen LogP contribution in [0.5, 0.6) is 0 Å². The zero-order valence-corrected chi connectivity index (χ0v) is 19.2. The molecule has 0 radical (unpaired) electrons. The number of anilines is 1. The Morgan fingerprint density at radius 1 is 0.973 bits per heavy atom. The van der Waals surface area contributed by atoms with E-state index in [9.17, 15) is 33.3 Å². The number of nitrogens with one attached hydrogen (secondary N) is 2. The van der Waals surface area contributed by atoms with Crippen molar-refractivity contribution in [2.45, 2.75) is 18.9 Å². The lowest BCUT2D eigenvalue weighted by Gasteiger charge is -2.32. The predicted octanol–water partition coefficient (Wildman–Crippen LogP) is 2.95. The molecule has 2 N–H and O–H groups in total. The largest absolute Gasteiger partial charge is 0.348 e. The molecule has 1 fully saturated rings. The number of hydrogen-bond donors (Lipinski definition) is 2. The van der Waals surface area contributed by atoms with Crippen molar-refractivity contribution in [2.24, 2.45) is 0 Å². The molecule has 3 aromatic rings. The topological polar surface area (TPSA) is 147 Å². The molecule has 3 amide bonds. The number of aromatic nitrogens is 2. The Morgan fingerprint density at radius 3 is 2.30 bits per heavy atom. The van der Waals surface area contributed by atoms with E-state index in [0.29, 0.717) is 37.6 Å². The van der Waals surface area contributed by atoms with E-state index in [2.05, 4.69) is 20.6 Å². The molecular formula is C24H20F2N6O5. The molecule has 1 aliphatic rings. The van der Waals surface area contributed by atoms with E-state index in [1.807, 2.05) is 0 Å². The lowest BCUT2D eigenvalue weighted by atomic mass is 10.0. The van der Waals surface area contributed by atoms with Crippen LogP contribution in [0.1, 0.15) is 44.0 Å². The molecule has 4 rings (SSSR count). The molecule has 2 aromatic carbocycles. The fourth-order valence-electron chi connectivity index (χ4n) is 3.83. The van der Waals surface area contributed by atoms with E-state index < -0.39 is 33.9 Å². The maximum atomic E-state index is 13.9. The standard InChI is InChI=1S/C24H20F2N6O5/c25-15-3-6-18(19(26)13-15)22(33)30-21-20(27-9-10-28-21)23(34)29-16-7-11-31(12-8-16)24(35)14-1-4-17(5-2-14)32(36)37/h1-6,9-10,13,16H,7-8,11-12H2,(H,29,34)(H,28,30,33). The van der Waals surface area contributed by atoms with Crippen molar-refractivity contribution in [3.05, 3.63) is 93.4 Å². The molecule has 0 aliphatic carbocycles. The van der Waals surface area contributed by atoms with Crippen LogP contribution in [0.4, 0.5) is 20.3 Å². The molecule has 1 aromatic heterocycles. The minimum absolute atomic E-state index is 0.111. The van der Waals surface area contributed by atoms with Gasteiger partial charge >= 0.3 is 0 Å². The zero-order chi connectivity index (χ0) is 26.5. The Labute approximate surface area is 208 Å². The highest BCUT2D eigenvalue weighted by atomic mass is 19.1. The van der Waals surface area contributed by atoms with Crippen molar-refractivity contribution in [1.29, 1.82) is 0 Å². The van der Waals surface area contributed by atoms with Crippen molar-refractivity contribution in [2.75, 3.05) is 18.4 Å². The van der Waals surface area contributed by atoms with E-state index in [1.54, 1.807) is 4.90 Å². The number of nitrogens with zero attached hydrogens (tertiary/aromatic N) is 4. The highest BCUT2D eigenvalue weighted by Gasteiger charge is 2.27. The molecule has 0 unspecified atom stereocenters. The maximum Gasteiger partial charge on any atom is 0.273 e. The second-order valence-electron chi connectivity index (χ2n) is 8.18. The average molecular weight is 510 g/mol. The van der Waals surface area contributed by atoms with Crippen LogP contribution in [0.2, 0.25) is 0 Å². The summed E-state index contributed by atoms with van der Waals surface area (Å²) in [6, 6.07) is 7.50. The van der Waals surface area contributed by atoms with Gasteiger partial charge in [0.05, 0.1) is 10.5 Å². The molecule has 13 heteroatoms. The molecule has 0 atom stereocenters. The molecule has 1 aliphatic heterocycles. The second kappa shape index (κ2) is 10.8. The van der Waals surface area contributed by atoms with Gasteiger partial charge in [-0.25, -0.2) is 18.7 Å². The van der Waals surface area contributed by atoms with Gasteiger partial charge in [0.25, 0.3) is 23.4 Å². The summed E-state index contributed by atoms with van der Waals surface area (Å²) in [5, 5.41) is 15.9. The van der Waals surface area contributed by atoms with E-state index in [-0.39, 0.29) is 29.1 Å². The predicted molar refractivity (Wildman–Crippen MR) is 126 cm³/mol. The smallest absolute Gasteiger partial charge is 0.273 e. The number of nitro benzene ring substituents is 1. The van der Waals surface area contributed by atoms with Crippen LogP contribution in [-0.2, 0) is 0 Å². The first-order valence-electron chi connectivity index (χ1n) is 11.1. The van der Waals surface area contributed by atoms with Crippen LogP contribution in [0, 0.1) is 21.7 Å². The minimum atomic E-state index is -1.07. The summed E-state index contributed by atoms with van der Waals surface area (Å²) in [5.74, 6) is -3.92. The van der Waals surface area contributed by atoms with Crippen molar-refractivity contribution in [1.82, 2.24) is 20.2 Å². The highest BCUT2D eigenvalue weighted by molar-refractivity contribution is 6.07. The first-order valence-corrected chi connectivity index (χ1v) is 11.1. The van der Waals surface area contributed by atoms with Gasteiger partial charge < -0.3 is 15.5 Å². The summed E-state index contributed by atoms with van der Waals surface area (Å²) in [5.41, 5.74) is -0.405. The minimum Gasteiger partial charge on any atom is -0.348 e. The monoisotopic (exact) mass is 510 g/mol. The Bertz CT molecular complexity index is 1360. The molecule has 190 valence electrons. The van der Waals surface area contributed by atoms with Crippen LogP contribution in [-0.4, -0.2) is 56.6 Å². The molecular weight excluding hydrogens is 490 g/mol. The Kier molecular flexibility index (Phi) is 7.41. The van der Waals surface area contributed by atoms with Crippen molar-refractivity contribution >= 4 is 29.2 Å². The summed E-state index contributed by atoms with van der Waals surface area (Å²) < 4.78 is 27.1. The number of carbonyl (C=O) groups excluding carboxylic acids is 3. The van der Waals surface area contributed by atoms with Gasteiger partial charge in [0, 0.05) is 55.3 Å². The third-order valence-electron chi connectivity index (χ3n) is 5.76. The van der Waals surface area contributed by atoms with Crippen molar-refractivity contribution in [3.63, 3.8) is 0 Å². The Balaban J connectivity index is 1.36. The summed E-state index contributed by atoms with van der Waals surface area (Å²) in [4.78, 5) is 57.8. The number of non-ortho nitro benzene ring substituents is 1. The van der Waals surface area contributed by atoms with Crippen molar-refractivity contribution < 1.29 is 28.1 Å². The van der Waals surface area contributed by atoms with E-state index in [4.69, 9.17) is 0 Å². The lowest BCUT2D eigenvalue weighted by molar-refractivity contribution is -0.384. The Morgan fingerprint density at radius 2 is 1.65 bits per heavy atom. The number of likely N-dealkylation sites (tertiary alicyclic amines) is 1. The third kappa shape index (κ3) is 5.89. The van der Waals surface area contributed by atoms with E-state index in [0.717, 1.165) is 12.1 Å². The maximum absolute atomic E-state index is 13.9. The van der Waals surface area contributed by atoms with Gasteiger partial charge in [-0.05, 0) is 37.1 Å². The van der Waals surface area contributed by atoms with Crippen LogP contribution >= 0.6 is 0 Å². The van der Waals surface area contributed by atoms with Crippen LogP contribution in [0.3, 0.4) is 0 Å². The highest BCUT2D eigenvalue weighted by Crippen LogP contribution is 2.19. The number of halogens is 2. The second-order valence-corrected chi connectivity index (χ2v) is 8.18. The lowest BCUT2D eigenvalue weighted by Crippen LogP contribution is -2.46. The van der Waals surface area contributed by atoms with Gasteiger partial charge in [-0.1, -0.05) is 0 Å². The van der Waals surface area contributed by atoms with Crippen LogP contribution in [0.15, 0.2) is 54.9 Å². The van der Waals surface area contributed by atoms with Gasteiger partial charge in [-0.15, -0.1) is 0 Å². The molecule has 0 bridgehead atoms. The van der Waals surface area contributed by atoms with Gasteiger partial charge in [-0.3, -0.25) is 24.5 Å². The quantitative estimate of drug-likeness (QED) is 0.383. The first kappa shape index (κ1) is 25.3. The molecule has 0 saturated carbocycles. The summed E-state index contributed by atoms with van der Waals surface area (Å²) in [6.07, 6.45) is 3.38. The van der Waals surface area contributed by atoms with Crippen LogP contribution in [0.25, 0.3) is 0 Å². The van der Waals surface area contributed by atoms with Gasteiger partial charge in [-0.2, -0.15) is 0 Å². The van der Waals surface area contributed by atoms with Crippen molar-refractivity contribution in [3.8, 4) is 0 Å². The molecule has 1 saturated heterocycles. The SMILES string of the molecule is O=C(Nc1nccnc1C(=O)NC1CCN(C(=O)c2ccc([N+](=O)[O-])cc2)CC1)c1ccc(F)cc1F. The summed E-state index contributed by atoms with van der Waals surface area (Å²) in [6.45, 7) is 0.684. The molecule has 11 nitrogen and oxygen atoms in total. The van der Waals surface area contributed by atoms with Gasteiger partial charge in [0.2, 0.25) is 0 Å². The number of benzene rings is 2. The molecule has 37 heavy (non-hydrogen) atoms. The third-order valence-corrected chi connectivity index (χ3v) is 5.76. The zero-order valence-electron chi connectivity index (χ0n) is 19.2. The van der Waals surface area contributed by atoms with E-state index in [1.165, 1.54) is 36.7 Å². The number of hydrogen-bond acceptors (Lipinski definition) is 7. The number of carbonyl (C=O) groups is 3. The molecule has 2 heterocycles. The van der Waals surface area contributed by atoms with Gasteiger partial charge in [0.15, 0.2) is 11.5 Å². The first-order chi connectivity index (χ1) is 17.7. The van der Waals surface area contributed by atoms with Crippen LogP contribution < -0.4 is 10.6 Å². The number of nitro groups is 1. The molecule has 0 spiro atoms. The number of rotatable bonds is 6. The number of piperidine rings is 1. The fraction of sp³-hybridized carbons (Fsp3) is 0.208. The van der Waals surface area contributed by atoms with E-state index >= 15 is 0 Å². The fourth-order valence-corrected chi connectivity index (χ4v) is 3.83. The summed E-state index contributed by atoms with van der Waals surface area (Å²) >= 11 is 0. The summed E-state index contributed by atoms with van der Waals surface area (Å²) in [7, 11) is 0. The normalized spacial score (nSPS) is 13.6.